The average Bonchev–Trinajstić information content (AvgIpc) is 3.45. The lowest BCUT2D eigenvalue weighted by molar-refractivity contribution is -0.119. The van der Waals surface area contributed by atoms with Crippen LogP contribution in [0.4, 0.5) is 0 Å². The fourth-order valence-electron chi connectivity index (χ4n) is 5.12. The molecule has 1 heterocycles. The zero-order valence-corrected chi connectivity index (χ0v) is 23.1. The van der Waals surface area contributed by atoms with E-state index in [1.54, 1.807) is 19.4 Å². The lowest BCUT2D eigenvalue weighted by atomic mass is 9.91. The van der Waals surface area contributed by atoms with Gasteiger partial charge in [-0.1, -0.05) is 41.9 Å². The van der Waals surface area contributed by atoms with Crippen LogP contribution in [0.2, 0.25) is 5.02 Å². The number of fused-ring (bicyclic) bond motifs is 2. The minimum Gasteiger partial charge on any atom is -0.489 e. The van der Waals surface area contributed by atoms with E-state index in [4.69, 9.17) is 25.8 Å². The summed E-state index contributed by atoms with van der Waals surface area (Å²) in [5.74, 6) is 0.202. The topological polar surface area (TPSA) is 80.9 Å². The van der Waals surface area contributed by atoms with E-state index < -0.39 is 0 Å². The molecule has 0 spiro atoms. The molecule has 5 rings (SSSR count). The van der Waals surface area contributed by atoms with Gasteiger partial charge in [-0.15, -0.1) is 0 Å². The molecule has 1 N–H and O–H groups in total. The van der Waals surface area contributed by atoms with Crippen LogP contribution in [0.3, 0.4) is 0 Å². The van der Waals surface area contributed by atoms with Crippen molar-refractivity contribution in [3.63, 3.8) is 0 Å². The van der Waals surface area contributed by atoms with Gasteiger partial charge in [-0.05, 0) is 48.6 Å². The number of carbonyl (C=O) groups excluding carboxylic acids is 2. The number of para-hydroxylation sites is 1. The molecule has 0 atom stereocenters. The number of nitrogens with one attached hydrogen (secondary N) is 1. The Bertz CT molecular complexity index is 1590. The van der Waals surface area contributed by atoms with Gasteiger partial charge in [0, 0.05) is 52.5 Å². The fourth-order valence-corrected chi connectivity index (χ4v) is 5.38. The molecule has 0 radical (unpaired) electrons. The highest BCUT2D eigenvalue weighted by Crippen LogP contribution is 2.44. The highest BCUT2D eigenvalue weighted by molar-refractivity contribution is 6.54. The van der Waals surface area contributed by atoms with Crippen LogP contribution < -0.4 is 4.74 Å². The number of methoxy groups -OCH3 is 1. The van der Waals surface area contributed by atoms with Crippen LogP contribution in [0.5, 0.6) is 5.75 Å². The van der Waals surface area contributed by atoms with E-state index in [1.807, 2.05) is 44.4 Å². The summed E-state index contributed by atoms with van der Waals surface area (Å²) >= 11 is 6.77. The van der Waals surface area contributed by atoms with Crippen LogP contribution >= 0.6 is 11.6 Å². The van der Waals surface area contributed by atoms with E-state index in [0.717, 1.165) is 33.8 Å². The number of rotatable bonds is 11. The maximum atomic E-state index is 13.4. The van der Waals surface area contributed by atoms with Crippen molar-refractivity contribution in [2.45, 2.75) is 13.0 Å². The molecule has 7 nitrogen and oxygen atoms in total. The molecule has 8 heteroatoms. The van der Waals surface area contributed by atoms with E-state index in [2.05, 4.69) is 22.0 Å². The van der Waals surface area contributed by atoms with Crippen molar-refractivity contribution in [1.82, 2.24) is 9.88 Å². The molecule has 4 aromatic rings. The molecule has 1 aromatic heterocycles. The Labute approximate surface area is 232 Å². The summed E-state index contributed by atoms with van der Waals surface area (Å²) < 4.78 is 16.4. The molecule has 0 amide bonds. The van der Waals surface area contributed by atoms with Crippen molar-refractivity contribution >= 4 is 56.0 Å². The van der Waals surface area contributed by atoms with Crippen molar-refractivity contribution in [3.05, 3.63) is 76.4 Å². The molecule has 39 heavy (non-hydrogen) atoms. The minimum atomic E-state index is -0.225. The van der Waals surface area contributed by atoms with Gasteiger partial charge in [0.2, 0.25) is 0 Å². The molecule has 0 aliphatic heterocycles. The third-order valence-corrected chi connectivity index (χ3v) is 7.09. The molecule has 0 saturated carbocycles. The normalized spacial score (nSPS) is 14.0. The largest absolute Gasteiger partial charge is 0.489 e. The molecular formula is C31H31ClN2O5. The lowest BCUT2D eigenvalue weighted by Gasteiger charge is -2.15. The SMILES string of the molecule is COCCOCCOc1cccc2c(C3=C(c4c(Cl)ccc5ccc(CN(C)C)cc45)C(=O)CC3=O)c[nH]c12. The molecule has 202 valence electrons. The van der Waals surface area contributed by atoms with E-state index in [1.165, 1.54) is 0 Å². The lowest BCUT2D eigenvalue weighted by Crippen LogP contribution is -2.10. The summed E-state index contributed by atoms with van der Waals surface area (Å²) in [4.78, 5) is 32.1. The zero-order chi connectivity index (χ0) is 27.5. The number of benzene rings is 3. The average molecular weight is 547 g/mol. The quantitative estimate of drug-likeness (QED) is 0.197. The zero-order valence-electron chi connectivity index (χ0n) is 22.3. The Hall–Kier alpha value is -3.49. The van der Waals surface area contributed by atoms with Crippen molar-refractivity contribution < 1.29 is 23.8 Å². The second-order valence-corrected chi connectivity index (χ2v) is 10.2. The number of H-pyrrole nitrogens is 1. The summed E-state index contributed by atoms with van der Waals surface area (Å²) in [6.45, 7) is 2.55. The van der Waals surface area contributed by atoms with Gasteiger partial charge >= 0.3 is 0 Å². The molecular weight excluding hydrogens is 516 g/mol. The van der Waals surface area contributed by atoms with Gasteiger partial charge < -0.3 is 24.1 Å². The number of ether oxygens (including phenoxy) is 3. The van der Waals surface area contributed by atoms with Crippen LogP contribution in [0.15, 0.2) is 54.7 Å². The molecule has 0 unspecified atom stereocenters. The highest BCUT2D eigenvalue weighted by atomic mass is 35.5. The monoisotopic (exact) mass is 546 g/mol. The minimum absolute atomic E-state index is 0.184. The van der Waals surface area contributed by atoms with Gasteiger partial charge in [0.05, 0.1) is 31.8 Å². The Balaban J connectivity index is 1.60. The maximum absolute atomic E-state index is 13.4. The summed E-state index contributed by atoms with van der Waals surface area (Å²) in [7, 11) is 5.64. The summed E-state index contributed by atoms with van der Waals surface area (Å²) in [6.07, 6.45) is 1.59. The first-order valence-electron chi connectivity index (χ1n) is 12.9. The summed E-state index contributed by atoms with van der Waals surface area (Å²) in [5.41, 5.74) is 3.87. The van der Waals surface area contributed by atoms with Crippen LogP contribution in [0, 0.1) is 0 Å². The van der Waals surface area contributed by atoms with Gasteiger partial charge in [0.15, 0.2) is 11.6 Å². The number of aromatic nitrogens is 1. The second kappa shape index (κ2) is 11.7. The van der Waals surface area contributed by atoms with Crippen molar-refractivity contribution in [1.29, 1.82) is 0 Å². The number of hydrogen-bond acceptors (Lipinski definition) is 6. The smallest absolute Gasteiger partial charge is 0.172 e. The van der Waals surface area contributed by atoms with Gasteiger partial charge in [0.25, 0.3) is 0 Å². The third-order valence-electron chi connectivity index (χ3n) is 6.78. The van der Waals surface area contributed by atoms with Crippen molar-refractivity contribution in [2.24, 2.45) is 0 Å². The molecule has 0 saturated heterocycles. The Morgan fingerprint density at radius 2 is 1.69 bits per heavy atom. The van der Waals surface area contributed by atoms with Crippen LogP contribution in [-0.4, -0.2) is 69.1 Å². The van der Waals surface area contributed by atoms with E-state index in [-0.39, 0.29) is 18.0 Å². The van der Waals surface area contributed by atoms with Gasteiger partial charge in [-0.2, -0.15) is 0 Å². The summed E-state index contributed by atoms with van der Waals surface area (Å²) in [6, 6.07) is 15.6. The van der Waals surface area contributed by atoms with Crippen molar-refractivity contribution in [2.75, 3.05) is 47.6 Å². The molecule has 0 fully saturated rings. The number of halogens is 1. The number of aromatic amines is 1. The number of Topliss-reactive ketones (excluding diaryl/α,β-unsaturated/α-hetero) is 2. The van der Waals surface area contributed by atoms with Gasteiger partial charge in [-0.3, -0.25) is 9.59 Å². The molecule has 1 aliphatic rings. The number of carbonyl (C=O) groups is 2. The Morgan fingerprint density at radius 3 is 2.49 bits per heavy atom. The summed E-state index contributed by atoms with van der Waals surface area (Å²) in [5, 5.41) is 3.05. The molecule has 1 aliphatic carbocycles. The molecule has 0 bridgehead atoms. The van der Waals surface area contributed by atoms with Crippen LogP contribution in [-0.2, 0) is 25.6 Å². The van der Waals surface area contributed by atoms with E-state index in [0.29, 0.717) is 59.5 Å². The number of allylic oxidation sites excluding steroid dienone is 2. The number of hydrogen-bond donors (Lipinski definition) is 1. The number of nitrogens with zero attached hydrogens (tertiary/aromatic N) is 1. The first-order chi connectivity index (χ1) is 18.9. The standard InChI is InChI=1S/C31H31ClN2O5/c1-34(2)18-19-7-8-20-9-10-24(32)28(22(20)15-19)30-26(36)16-25(35)29(30)23-17-33-31-21(23)5-4-6-27(31)39-14-13-38-12-11-37-3/h4-10,15,17,33H,11-14,16,18H2,1-3H3. The van der Waals surface area contributed by atoms with Crippen molar-refractivity contribution in [3.8, 4) is 5.75 Å². The van der Waals surface area contributed by atoms with E-state index >= 15 is 0 Å². The first kappa shape index (κ1) is 27.1. The van der Waals surface area contributed by atoms with Gasteiger partial charge in [-0.25, -0.2) is 0 Å². The van der Waals surface area contributed by atoms with Crippen LogP contribution in [0.1, 0.15) is 23.1 Å². The predicted molar refractivity (Wildman–Crippen MR) is 154 cm³/mol. The predicted octanol–water partition coefficient (Wildman–Crippen LogP) is 5.53. The Morgan fingerprint density at radius 1 is 0.923 bits per heavy atom. The van der Waals surface area contributed by atoms with Gasteiger partial charge in [0.1, 0.15) is 12.4 Å². The first-order valence-corrected chi connectivity index (χ1v) is 13.2. The molecule has 3 aromatic carbocycles. The third kappa shape index (κ3) is 5.49. The highest BCUT2D eigenvalue weighted by Gasteiger charge is 2.35. The van der Waals surface area contributed by atoms with Crippen LogP contribution in [0.25, 0.3) is 32.8 Å². The maximum Gasteiger partial charge on any atom is 0.172 e. The number of ketones is 2. The van der Waals surface area contributed by atoms with E-state index in [9.17, 15) is 9.59 Å². The second-order valence-electron chi connectivity index (χ2n) is 9.82. The Kier molecular flexibility index (Phi) is 8.14. The fraction of sp³-hybridized carbons (Fsp3) is 0.290.